The van der Waals surface area contributed by atoms with E-state index in [1.165, 1.54) is 5.56 Å². The Labute approximate surface area is 115 Å². The molecule has 0 saturated carbocycles. The van der Waals surface area contributed by atoms with E-state index in [0.717, 1.165) is 35.2 Å². The number of amides is 1. The first kappa shape index (κ1) is 13.0. The lowest BCUT2D eigenvalue weighted by atomic mass is 10.1. The topological polar surface area (TPSA) is 29.1 Å². The molecule has 1 saturated heterocycles. The van der Waals surface area contributed by atoms with Crippen molar-refractivity contribution in [2.45, 2.75) is 31.4 Å². The van der Waals surface area contributed by atoms with Gasteiger partial charge in [0.05, 0.1) is 5.25 Å². The predicted octanol–water partition coefficient (Wildman–Crippen LogP) is 3.85. The summed E-state index contributed by atoms with van der Waals surface area (Å²) in [5, 5.41) is 3.19. The summed E-state index contributed by atoms with van der Waals surface area (Å²) in [5.41, 5.74) is 2.13. The molecular weight excluding hydrogens is 298 g/mol. The molecule has 1 amide bonds. The van der Waals surface area contributed by atoms with Crippen molar-refractivity contribution >= 4 is 39.3 Å². The largest absolute Gasteiger partial charge is 0.325 e. The lowest BCUT2D eigenvalue weighted by molar-refractivity contribution is -0.115. The summed E-state index contributed by atoms with van der Waals surface area (Å²) in [6.45, 7) is 2.10. The van der Waals surface area contributed by atoms with Crippen LogP contribution in [0.5, 0.6) is 0 Å². The van der Waals surface area contributed by atoms with E-state index in [1.807, 2.05) is 12.1 Å². The smallest absolute Gasteiger partial charge is 0.237 e. The van der Waals surface area contributed by atoms with Gasteiger partial charge in [0.25, 0.3) is 0 Å². The molecule has 0 radical (unpaired) electrons. The highest BCUT2D eigenvalue weighted by Gasteiger charge is 2.23. The zero-order valence-corrected chi connectivity index (χ0v) is 12.2. The van der Waals surface area contributed by atoms with E-state index in [-0.39, 0.29) is 11.2 Å². The maximum Gasteiger partial charge on any atom is 0.237 e. The molecule has 17 heavy (non-hydrogen) atoms. The van der Waals surface area contributed by atoms with E-state index in [4.69, 9.17) is 0 Å². The van der Waals surface area contributed by atoms with Crippen molar-refractivity contribution in [1.29, 1.82) is 0 Å². The molecule has 1 N–H and O–H groups in total. The number of nitrogens with one attached hydrogen (secondary N) is 1. The predicted molar refractivity (Wildman–Crippen MR) is 77.6 cm³/mol. The molecule has 0 aliphatic carbocycles. The van der Waals surface area contributed by atoms with Crippen molar-refractivity contribution < 1.29 is 4.79 Å². The molecule has 92 valence electrons. The average molecular weight is 314 g/mol. The molecule has 2 nitrogen and oxygen atoms in total. The van der Waals surface area contributed by atoms with Gasteiger partial charge in [0.1, 0.15) is 0 Å². The third-order valence-corrected chi connectivity index (χ3v) is 4.80. The summed E-state index contributed by atoms with van der Waals surface area (Å²) in [7, 11) is 0. The Hall–Kier alpha value is -0.480. The fourth-order valence-corrected chi connectivity index (χ4v) is 3.54. The first-order chi connectivity index (χ1) is 8.20. The molecule has 1 aliphatic rings. The highest BCUT2D eigenvalue weighted by atomic mass is 79.9. The van der Waals surface area contributed by atoms with Crippen molar-refractivity contribution in [3.63, 3.8) is 0 Å². The van der Waals surface area contributed by atoms with Crippen molar-refractivity contribution in [2.24, 2.45) is 0 Å². The standard InChI is InChI=1S/C13H16BrNOS/c1-2-9-8-10(14)5-6-11(9)15-13(16)12-4-3-7-17-12/h5-6,8,12H,2-4,7H2,1H3,(H,15,16). The summed E-state index contributed by atoms with van der Waals surface area (Å²) in [6, 6.07) is 6.01. The van der Waals surface area contributed by atoms with E-state index in [2.05, 4.69) is 34.2 Å². The fraction of sp³-hybridized carbons (Fsp3) is 0.462. The molecule has 1 aromatic rings. The van der Waals surface area contributed by atoms with Gasteiger partial charge in [0.15, 0.2) is 0 Å². The van der Waals surface area contributed by atoms with Crippen LogP contribution in [-0.2, 0) is 11.2 Å². The highest BCUT2D eigenvalue weighted by Crippen LogP contribution is 2.28. The van der Waals surface area contributed by atoms with E-state index in [1.54, 1.807) is 11.8 Å². The molecule has 4 heteroatoms. The normalized spacial score (nSPS) is 19.3. The maximum absolute atomic E-state index is 12.0. The third kappa shape index (κ3) is 3.26. The molecule has 0 spiro atoms. The van der Waals surface area contributed by atoms with Gasteiger partial charge in [0, 0.05) is 10.2 Å². The lowest BCUT2D eigenvalue weighted by Gasteiger charge is -2.13. The Morgan fingerprint density at radius 3 is 3.06 bits per heavy atom. The number of thioether (sulfide) groups is 1. The Bertz CT molecular complexity index is 416. The zero-order chi connectivity index (χ0) is 12.3. The SMILES string of the molecule is CCc1cc(Br)ccc1NC(=O)C1CCCS1. The van der Waals surface area contributed by atoms with Gasteiger partial charge in [-0.2, -0.15) is 0 Å². The van der Waals surface area contributed by atoms with Crippen LogP contribution in [0.3, 0.4) is 0 Å². The molecule has 1 unspecified atom stereocenters. The molecule has 1 aromatic carbocycles. The van der Waals surface area contributed by atoms with Gasteiger partial charge in [0.2, 0.25) is 5.91 Å². The Morgan fingerprint density at radius 1 is 1.59 bits per heavy atom. The molecule has 1 atom stereocenters. The number of hydrogen-bond acceptors (Lipinski definition) is 2. The van der Waals surface area contributed by atoms with Gasteiger partial charge in [-0.1, -0.05) is 22.9 Å². The van der Waals surface area contributed by atoms with Crippen molar-refractivity contribution in [2.75, 3.05) is 11.1 Å². The number of carbonyl (C=O) groups excluding carboxylic acids is 1. The summed E-state index contributed by atoms with van der Waals surface area (Å²) in [4.78, 5) is 12.0. The molecule has 1 heterocycles. The quantitative estimate of drug-likeness (QED) is 0.918. The van der Waals surface area contributed by atoms with Crippen LogP contribution < -0.4 is 5.32 Å². The monoisotopic (exact) mass is 313 g/mol. The number of rotatable bonds is 3. The Morgan fingerprint density at radius 2 is 2.41 bits per heavy atom. The van der Waals surface area contributed by atoms with Crippen LogP contribution in [0.1, 0.15) is 25.3 Å². The Kier molecular flexibility index (Phi) is 4.51. The number of anilines is 1. The van der Waals surface area contributed by atoms with Gasteiger partial charge >= 0.3 is 0 Å². The number of hydrogen-bond donors (Lipinski definition) is 1. The minimum Gasteiger partial charge on any atom is -0.325 e. The third-order valence-electron chi connectivity index (χ3n) is 2.93. The van der Waals surface area contributed by atoms with E-state index in [9.17, 15) is 4.79 Å². The second-order valence-electron chi connectivity index (χ2n) is 4.15. The van der Waals surface area contributed by atoms with Crippen molar-refractivity contribution in [3.05, 3.63) is 28.2 Å². The summed E-state index contributed by atoms with van der Waals surface area (Å²) in [6.07, 6.45) is 3.09. The van der Waals surface area contributed by atoms with E-state index in [0.29, 0.717) is 0 Å². The molecule has 1 aliphatic heterocycles. The van der Waals surface area contributed by atoms with Crippen LogP contribution in [0.2, 0.25) is 0 Å². The number of benzene rings is 1. The van der Waals surface area contributed by atoms with Crippen LogP contribution in [-0.4, -0.2) is 16.9 Å². The number of halogens is 1. The number of carbonyl (C=O) groups is 1. The van der Waals surface area contributed by atoms with Crippen molar-refractivity contribution in [3.8, 4) is 0 Å². The van der Waals surface area contributed by atoms with E-state index < -0.39 is 0 Å². The highest BCUT2D eigenvalue weighted by molar-refractivity contribution is 9.10. The average Bonchev–Trinajstić information content (AvgIpc) is 2.85. The molecule has 2 rings (SSSR count). The first-order valence-corrected chi connectivity index (χ1v) is 7.75. The fourth-order valence-electron chi connectivity index (χ4n) is 1.97. The van der Waals surface area contributed by atoms with Gasteiger partial charge in [-0.15, -0.1) is 11.8 Å². The minimum absolute atomic E-state index is 0.142. The van der Waals surface area contributed by atoms with Gasteiger partial charge < -0.3 is 5.32 Å². The molecule has 1 fully saturated rings. The van der Waals surface area contributed by atoms with Crippen molar-refractivity contribution in [1.82, 2.24) is 0 Å². The van der Waals surface area contributed by atoms with Gasteiger partial charge in [-0.25, -0.2) is 0 Å². The van der Waals surface area contributed by atoms with E-state index >= 15 is 0 Å². The Balaban J connectivity index is 2.09. The number of aryl methyl sites for hydroxylation is 1. The molecular formula is C13H16BrNOS. The molecule has 0 bridgehead atoms. The first-order valence-electron chi connectivity index (χ1n) is 5.91. The van der Waals surface area contributed by atoms with Gasteiger partial charge in [-0.3, -0.25) is 4.79 Å². The summed E-state index contributed by atoms with van der Waals surface area (Å²) >= 11 is 5.22. The lowest BCUT2D eigenvalue weighted by Crippen LogP contribution is -2.23. The second kappa shape index (κ2) is 5.91. The van der Waals surface area contributed by atoms with Crippen LogP contribution in [0, 0.1) is 0 Å². The van der Waals surface area contributed by atoms with Crippen LogP contribution in [0.25, 0.3) is 0 Å². The second-order valence-corrected chi connectivity index (χ2v) is 6.37. The van der Waals surface area contributed by atoms with Crippen LogP contribution in [0.4, 0.5) is 5.69 Å². The van der Waals surface area contributed by atoms with Crippen LogP contribution >= 0.6 is 27.7 Å². The minimum atomic E-state index is 0.142. The van der Waals surface area contributed by atoms with Crippen LogP contribution in [0.15, 0.2) is 22.7 Å². The zero-order valence-electron chi connectivity index (χ0n) is 9.83. The van der Waals surface area contributed by atoms with Gasteiger partial charge in [-0.05, 0) is 48.8 Å². The molecule has 0 aromatic heterocycles. The summed E-state index contributed by atoms with van der Waals surface area (Å²) < 4.78 is 1.06. The summed E-state index contributed by atoms with van der Waals surface area (Å²) in [5.74, 6) is 1.27. The maximum atomic E-state index is 12.0.